The standard InChI is InChI=1S/C8H8OS/c1-6-2-3-7(5-9)4-8(6)10/h2-5,10H,1H3. The normalized spacial score (nSPS) is 9.40. The minimum Gasteiger partial charge on any atom is -0.298 e. The first-order valence-corrected chi connectivity index (χ1v) is 3.43. The summed E-state index contributed by atoms with van der Waals surface area (Å²) < 4.78 is 0. The molecule has 0 saturated carbocycles. The molecule has 0 spiro atoms. The van der Waals surface area contributed by atoms with Crippen LogP contribution in [0.2, 0.25) is 0 Å². The van der Waals surface area contributed by atoms with Crippen molar-refractivity contribution in [3.8, 4) is 0 Å². The zero-order chi connectivity index (χ0) is 7.56. The SMILES string of the molecule is Cc1ccc(C=O)cc1S. The van der Waals surface area contributed by atoms with E-state index in [9.17, 15) is 4.79 Å². The largest absolute Gasteiger partial charge is 0.298 e. The highest BCUT2D eigenvalue weighted by molar-refractivity contribution is 7.80. The third kappa shape index (κ3) is 1.39. The highest BCUT2D eigenvalue weighted by Gasteiger charge is 1.93. The van der Waals surface area contributed by atoms with Crippen LogP contribution in [0.3, 0.4) is 0 Å². The molecule has 2 heteroatoms. The fourth-order valence-corrected chi connectivity index (χ4v) is 0.923. The van der Waals surface area contributed by atoms with Crippen molar-refractivity contribution >= 4 is 18.9 Å². The Bertz CT molecular complexity index is 255. The van der Waals surface area contributed by atoms with E-state index in [0.717, 1.165) is 16.7 Å². The molecule has 1 rings (SSSR count). The summed E-state index contributed by atoms with van der Waals surface area (Å²) in [6.07, 6.45) is 0.819. The van der Waals surface area contributed by atoms with Crippen molar-refractivity contribution in [1.29, 1.82) is 0 Å². The summed E-state index contributed by atoms with van der Waals surface area (Å²) in [7, 11) is 0. The minimum absolute atomic E-state index is 0.676. The molecular formula is C8H8OS. The van der Waals surface area contributed by atoms with E-state index in [1.165, 1.54) is 0 Å². The molecule has 0 aliphatic rings. The van der Waals surface area contributed by atoms with Crippen molar-refractivity contribution in [1.82, 2.24) is 0 Å². The Kier molecular flexibility index (Phi) is 2.12. The van der Waals surface area contributed by atoms with Crippen LogP contribution < -0.4 is 0 Å². The van der Waals surface area contributed by atoms with Crippen molar-refractivity contribution in [2.75, 3.05) is 0 Å². The zero-order valence-corrected chi connectivity index (χ0v) is 6.56. The van der Waals surface area contributed by atoms with Crippen LogP contribution in [0, 0.1) is 6.92 Å². The van der Waals surface area contributed by atoms with Crippen LogP contribution in [0.1, 0.15) is 15.9 Å². The monoisotopic (exact) mass is 152 g/mol. The molecule has 0 fully saturated rings. The second kappa shape index (κ2) is 2.88. The summed E-state index contributed by atoms with van der Waals surface area (Å²) in [6, 6.07) is 5.42. The van der Waals surface area contributed by atoms with Gasteiger partial charge in [-0.2, -0.15) is 0 Å². The molecule has 0 atom stereocenters. The quantitative estimate of drug-likeness (QED) is 0.481. The Hall–Kier alpha value is -0.760. The van der Waals surface area contributed by atoms with Crippen molar-refractivity contribution in [2.24, 2.45) is 0 Å². The Morgan fingerprint density at radius 3 is 2.70 bits per heavy atom. The van der Waals surface area contributed by atoms with Gasteiger partial charge in [-0.25, -0.2) is 0 Å². The lowest BCUT2D eigenvalue weighted by atomic mass is 10.2. The van der Waals surface area contributed by atoms with Gasteiger partial charge >= 0.3 is 0 Å². The summed E-state index contributed by atoms with van der Waals surface area (Å²) in [5, 5.41) is 0. The van der Waals surface area contributed by atoms with E-state index < -0.39 is 0 Å². The van der Waals surface area contributed by atoms with E-state index >= 15 is 0 Å². The number of benzene rings is 1. The molecule has 1 nitrogen and oxygen atoms in total. The van der Waals surface area contributed by atoms with Crippen LogP contribution in [0.4, 0.5) is 0 Å². The van der Waals surface area contributed by atoms with Gasteiger partial charge in [-0.15, -0.1) is 12.6 Å². The van der Waals surface area contributed by atoms with Gasteiger partial charge in [-0.05, 0) is 18.6 Å². The molecule has 0 bridgehead atoms. The molecule has 0 radical (unpaired) electrons. The number of carbonyl (C=O) groups excluding carboxylic acids is 1. The summed E-state index contributed by atoms with van der Waals surface area (Å²) in [5.74, 6) is 0. The number of aryl methyl sites for hydroxylation is 1. The van der Waals surface area contributed by atoms with Crippen molar-refractivity contribution < 1.29 is 4.79 Å². The predicted octanol–water partition coefficient (Wildman–Crippen LogP) is 2.10. The molecule has 10 heavy (non-hydrogen) atoms. The van der Waals surface area contributed by atoms with Crippen LogP contribution in [0.5, 0.6) is 0 Å². The maximum atomic E-state index is 10.2. The van der Waals surface area contributed by atoms with Crippen molar-refractivity contribution in [3.05, 3.63) is 29.3 Å². The molecule has 52 valence electrons. The molecule has 0 heterocycles. The molecule has 0 N–H and O–H groups in total. The number of carbonyl (C=O) groups is 1. The molecule has 0 aliphatic heterocycles. The summed E-state index contributed by atoms with van der Waals surface area (Å²) >= 11 is 4.16. The van der Waals surface area contributed by atoms with E-state index in [0.29, 0.717) is 5.56 Å². The van der Waals surface area contributed by atoms with Crippen LogP contribution in [0.15, 0.2) is 23.1 Å². The van der Waals surface area contributed by atoms with Gasteiger partial charge in [-0.1, -0.05) is 12.1 Å². The Morgan fingerprint density at radius 1 is 1.50 bits per heavy atom. The topological polar surface area (TPSA) is 17.1 Å². The molecule has 0 saturated heterocycles. The number of aldehydes is 1. The van der Waals surface area contributed by atoms with E-state index in [4.69, 9.17) is 0 Å². The molecular weight excluding hydrogens is 144 g/mol. The van der Waals surface area contributed by atoms with Crippen molar-refractivity contribution in [2.45, 2.75) is 11.8 Å². The van der Waals surface area contributed by atoms with Crippen LogP contribution >= 0.6 is 12.6 Å². The molecule has 0 unspecified atom stereocenters. The molecule has 0 aromatic heterocycles. The van der Waals surface area contributed by atoms with Crippen LogP contribution in [-0.2, 0) is 0 Å². The average Bonchev–Trinajstić information content (AvgIpc) is 1.95. The molecule has 0 aliphatic carbocycles. The predicted molar refractivity (Wildman–Crippen MR) is 43.8 cm³/mol. The zero-order valence-electron chi connectivity index (χ0n) is 5.66. The highest BCUT2D eigenvalue weighted by atomic mass is 32.1. The lowest BCUT2D eigenvalue weighted by molar-refractivity contribution is 0.112. The molecule has 1 aromatic rings. The van der Waals surface area contributed by atoms with E-state index in [-0.39, 0.29) is 0 Å². The van der Waals surface area contributed by atoms with Gasteiger partial charge in [0.2, 0.25) is 0 Å². The van der Waals surface area contributed by atoms with Gasteiger partial charge in [0, 0.05) is 10.5 Å². The Balaban J connectivity index is 3.16. The third-order valence-corrected chi connectivity index (χ3v) is 1.85. The number of hydrogen-bond donors (Lipinski definition) is 1. The average molecular weight is 152 g/mol. The van der Waals surface area contributed by atoms with Crippen LogP contribution in [-0.4, -0.2) is 6.29 Å². The molecule has 0 amide bonds. The van der Waals surface area contributed by atoms with Gasteiger partial charge in [-0.3, -0.25) is 4.79 Å². The van der Waals surface area contributed by atoms with Crippen molar-refractivity contribution in [3.63, 3.8) is 0 Å². The number of thiol groups is 1. The van der Waals surface area contributed by atoms with Gasteiger partial charge in [0.25, 0.3) is 0 Å². The summed E-state index contributed by atoms with van der Waals surface area (Å²) in [6.45, 7) is 1.96. The fourth-order valence-electron chi connectivity index (χ4n) is 0.700. The highest BCUT2D eigenvalue weighted by Crippen LogP contribution is 2.13. The van der Waals surface area contributed by atoms with Crippen LogP contribution in [0.25, 0.3) is 0 Å². The second-order valence-corrected chi connectivity index (χ2v) is 2.65. The lowest BCUT2D eigenvalue weighted by Gasteiger charge is -1.96. The first kappa shape index (κ1) is 7.35. The summed E-state index contributed by atoms with van der Waals surface area (Å²) in [4.78, 5) is 11.1. The lowest BCUT2D eigenvalue weighted by Crippen LogP contribution is -1.81. The maximum Gasteiger partial charge on any atom is 0.150 e. The number of rotatable bonds is 1. The van der Waals surface area contributed by atoms with Gasteiger partial charge in [0.15, 0.2) is 0 Å². The second-order valence-electron chi connectivity index (χ2n) is 2.16. The maximum absolute atomic E-state index is 10.2. The van der Waals surface area contributed by atoms with Gasteiger partial charge in [0.1, 0.15) is 6.29 Å². The van der Waals surface area contributed by atoms with Gasteiger partial charge < -0.3 is 0 Å². The smallest absolute Gasteiger partial charge is 0.150 e. The van der Waals surface area contributed by atoms with E-state index in [2.05, 4.69) is 12.6 Å². The van der Waals surface area contributed by atoms with E-state index in [1.54, 1.807) is 12.1 Å². The van der Waals surface area contributed by atoms with E-state index in [1.807, 2.05) is 13.0 Å². The Labute approximate surface area is 65.5 Å². The first-order chi connectivity index (χ1) is 4.74. The van der Waals surface area contributed by atoms with Gasteiger partial charge in [0.05, 0.1) is 0 Å². The molecule has 1 aromatic carbocycles. The fraction of sp³-hybridized carbons (Fsp3) is 0.125. The number of hydrogen-bond acceptors (Lipinski definition) is 2. The summed E-state index contributed by atoms with van der Waals surface area (Å²) in [5.41, 5.74) is 1.77. The third-order valence-electron chi connectivity index (χ3n) is 1.37. The minimum atomic E-state index is 0.676. The Morgan fingerprint density at radius 2 is 2.20 bits per heavy atom. The first-order valence-electron chi connectivity index (χ1n) is 2.99.